The highest BCUT2D eigenvalue weighted by Crippen LogP contribution is 2.08. The van der Waals surface area contributed by atoms with Crippen molar-refractivity contribution in [3.63, 3.8) is 0 Å². The third kappa shape index (κ3) is 4.75. The molecule has 21 heavy (non-hydrogen) atoms. The van der Waals surface area contributed by atoms with E-state index in [1.807, 2.05) is 17.5 Å². The van der Waals surface area contributed by atoms with Gasteiger partial charge in [-0.3, -0.25) is 4.79 Å². The Morgan fingerprint density at radius 2 is 2.38 bits per heavy atom. The van der Waals surface area contributed by atoms with E-state index in [4.69, 9.17) is 10.00 Å². The predicted molar refractivity (Wildman–Crippen MR) is 80.2 cm³/mol. The van der Waals surface area contributed by atoms with Crippen molar-refractivity contribution < 1.29 is 9.53 Å². The average molecular weight is 299 g/mol. The van der Waals surface area contributed by atoms with E-state index in [9.17, 15) is 4.79 Å². The maximum atomic E-state index is 11.6. The van der Waals surface area contributed by atoms with Gasteiger partial charge in [-0.15, -0.1) is 11.3 Å². The number of ether oxygens (including phenoxy) is 1. The number of nitrogens with one attached hydrogen (secondary N) is 1. The van der Waals surface area contributed by atoms with Crippen molar-refractivity contribution in [3.05, 3.63) is 58.4 Å². The van der Waals surface area contributed by atoms with Gasteiger partial charge >= 0.3 is 0 Å². The van der Waals surface area contributed by atoms with Crippen LogP contribution in [-0.2, 0) is 0 Å². The molecule has 0 aliphatic rings. The second kappa shape index (κ2) is 7.82. The number of nitrogens with zero attached hydrogens (tertiary/aromatic N) is 2. The Morgan fingerprint density at radius 3 is 3.14 bits per heavy atom. The zero-order valence-corrected chi connectivity index (χ0v) is 12.0. The molecule has 0 aliphatic heterocycles. The van der Waals surface area contributed by atoms with Gasteiger partial charge in [0, 0.05) is 18.8 Å². The van der Waals surface area contributed by atoms with E-state index < -0.39 is 0 Å². The molecule has 6 heteroatoms. The van der Waals surface area contributed by atoms with Gasteiger partial charge in [-0.05, 0) is 23.6 Å². The number of hydrogen-bond donors (Lipinski definition) is 1. The van der Waals surface area contributed by atoms with Gasteiger partial charge in [-0.25, -0.2) is 4.98 Å². The van der Waals surface area contributed by atoms with Crippen LogP contribution in [0.2, 0.25) is 0 Å². The second-order valence-electron chi connectivity index (χ2n) is 3.96. The van der Waals surface area contributed by atoms with Crippen LogP contribution in [0.25, 0.3) is 0 Å². The molecule has 2 heterocycles. The minimum absolute atomic E-state index is 0.0843. The normalized spacial score (nSPS) is 10.2. The smallest absolute Gasteiger partial charge is 0.261 e. The number of amides is 1. The van der Waals surface area contributed by atoms with Crippen LogP contribution in [0.1, 0.15) is 15.2 Å². The second-order valence-corrected chi connectivity index (χ2v) is 4.91. The van der Waals surface area contributed by atoms with Gasteiger partial charge < -0.3 is 10.1 Å². The monoisotopic (exact) mass is 299 g/mol. The van der Waals surface area contributed by atoms with Crippen LogP contribution < -0.4 is 10.1 Å². The van der Waals surface area contributed by atoms with E-state index >= 15 is 0 Å². The van der Waals surface area contributed by atoms with Gasteiger partial charge in [0.1, 0.15) is 6.61 Å². The number of aromatic nitrogens is 1. The van der Waals surface area contributed by atoms with Gasteiger partial charge in [0.25, 0.3) is 5.91 Å². The van der Waals surface area contributed by atoms with E-state index in [-0.39, 0.29) is 5.91 Å². The number of carbonyl (C=O) groups is 1. The first-order valence-corrected chi connectivity index (χ1v) is 7.13. The highest BCUT2D eigenvalue weighted by atomic mass is 32.1. The molecule has 106 valence electrons. The summed E-state index contributed by atoms with van der Waals surface area (Å²) >= 11 is 1.40. The van der Waals surface area contributed by atoms with E-state index in [1.54, 1.807) is 30.4 Å². The van der Waals surface area contributed by atoms with Crippen molar-refractivity contribution in [2.24, 2.45) is 0 Å². The summed E-state index contributed by atoms with van der Waals surface area (Å²) in [5, 5.41) is 13.4. The molecule has 0 atom stereocenters. The lowest BCUT2D eigenvalue weighted by molar-refractivity contribution is 0.0962. The van der Waals surface area contributed by atoms with E-state index in [0.717, 1.165) is 0 Å². The Kier molecular flexibility index (Phi) is 5.50. The maximum absolute atomic E-state index is 11.6. The summed E-state index contributed by atoms with van der Waals surface area (Å²) < 4.78 is 5.37. The number of carbonyl (C=O) groups excluding carboxylic acids is 1. The molecule has 0 spiro atoms. The Labute approximate surface area is 126 Å². The van der Waals surface area contributed by atoms with Gasteiger partial charge in [-0.1, -0.05) is 12.1 Å². The largest absolute Gasteiger partial charge is 0.473 e. The molecule has 1 amide bonds. The third-order valence-electron chi connectivity index (χ3n) is 2.48. The number of pyridine rings is 1. The fraction of sp³-hybridized carbons (Fsp3) is 0.133. The number of thiophene rings is 1. The fourth-order valence-corrected chi connectivity index (χ4v) is 2.13. The number of nitriles is 1. The summed E-state index contributed by atoms with van der Waals surface area (Å²) in [6.07, 6.45) is 5.12. The lowest BCUT2D eigenvalue weighted by Crippen LogP contribution is -2.22. The molecule has 5 nitrogen and oxygen atoms in total. The van der Waals surface area contributed by atoms with Crippen LogP contribution in [0.5, 0.6) is 5.88 Å². The SMILES string of the molecule is N#Cc1ccnc(OC/C=C\CNC(=O)c2cccs2)c1. The minimum Gasteiger partial charge on any atom is -0.473 e. The molecular weight excluding hydrogens is 286 g/mol. The van der Waals surface area contributed by atoms with Crippen molar-refractivity contribution >= 4 is 17.2 Å². The zero-order valence-electron chi connectivity index (χ0n) is 11.2. The maximum Gasteiger partial charge on any atom is 0.261 e. The van der Waals surface area contributed by atoms with Gasteiger partial charge in [-0.2, -0.15) is 5.26 Å². The standard InChI is InChI=1S/C15H13N3O2S/c16-11-12-5-7-17-14(10-12)20-8-2-1-6-18-15(19)13-4-3-9-21-13/h1-5,7,9-10H,6,8H2,(H,18,19)/b2-1-. The van der Waals surface area contributed by atoms with Crippen LogP contribution in [-0.4, -0.2) is 24.0 Å². The molecule has 2 aromatic rings. The van der Waals surface area contributed by atoms with Crippen molar-refractivity contribution in [3.8, 4) is 11.9 Å². The summed E-state index contributed by atoms with van der Waals surface area (Å²) in [4.78, 5) is 16.3. The Morgan fingerprint density at radius 1 is 1.48 bits per heavy atom. The molecule has 2 aromatic heterocycles. The van der Waals surface area contributed by atoms with E-state index in [2.05, 4.69) is 10.3 Å². The molecule has 0 fully saturated rings. The average Bonchev–Trinajstić information content (AvgIpc) is 3.05. The van der Waals surface area contributed by atoms with Crippen LogP contribution in [0.4, 0.5) is 0 Å². The molecule has 1 N–H and O–H groups in total. The van der Waals surface area contributed by atoms with E-state index in [1.165, 1.54) is 17.5 Å². The van der Waals surface area contributed by atoms with Crippen LogP contribution >= 0.6 is 11.3 Å². The summed E-state index contributed by atoms with van der Waals surface area (Å²) in [5.41, 5.74) is 0.507. The first-order chi connectivity index (χ1) is 10.3. The van der Waals surface area contributed by atoms with Crippen molar-refractivity contribution in [2.45, 2.75) is 0 Å². The quantitative estimate of drug-likeness (QED) is 0.831. The highest BCUT2D eigenvalue weighted by molar-refractivity contribution is 7.12. The summed E-state index contributed by atoms with van der Waals surface area (Å²) in [5.74, 6) is 0.320. The topological polar surface area (TPSA) is 75.0 Å². The first kappa shape index (κ1) is 14.8. The third-order valence-corrected chi connectivity index (χ3v) is 3.35. The Balaban J connectivity index is 1.69. The number of hydrogen-bond acceptors (Lipinski definition) is 5. The Bertz CT molecular complexity index is 660. The molecule has 0 saturated heterocycles. The molecule has 0 aromatic carbocycles. The Hall–Kier alpha value is -2.65. The predicted octanol–water partition coefficient (Wildman–Crippen LogP) is 2.38. The number of rotatable bonds is 6. The van der Waals surface area contributed by atoms with Gasteiger partial charge in [0.2, 0.25) is 5.88 Å². The van der Waals surface area contributed by atoms with Crippen LogP contribution in [0.3, 0.4) is 0 Å². The van der Waals surface area contributed by atoms with E-state index in [0.29, 0.717) is 29.5 Å². The minimum atomic E-state index is -0.0843. The molecule has 2 rings (SSSR count). The zero-order chi connectivity index (χ0) is 14.9. The first-order valence-electron chi connectivity index (χ1n) is 6.25. The molecule has 0 unspecified atom stereocenters. The highest BCUT2D eigenvalue weighted by Gasteiger charge is 2.03. The molecule has 0 saturated carbocycles. The lowest BCUT2D eigenvalue weighted by Gasteiger charge is -2.02. The summed E-state index contributed by atoms with van der Waals surface area (Å²) in [6, 6.07) is 8.83. The van der Waals surface area contributed by atoms with Crippen molar-refractivity contribution in [2.75, 3.05) is 13.2 Å². The van der Waals surface area contributed by atoms with Crippen molar-refractivity contribution in [1.29, 1.82) is 5.26 Å². The molecule has 0 radical (unpaired) electrons. The summed E-state index contributed by atoms with van der Waals surface area (Å²) in [6.45, 7) is 0.766. The molecule has 0 aliphatic carbocycles. The van der Waals surface area contributed by atoms with Crippen LogP contribution in [0, 0.1) is 11.3 Å². The lowest BCUT2D eigenvalue weighted by atomic mass is 10.3. The van der Waals surface area contributed by atoms with Crippen molar-refractivity contribution in [1.82, 2.24) is 10.3 Å². The molecular formula is C15H13N3O2S. The summed E-state index contributed by atoms with van der Waals surface area (Å²) in [7, 11) is 0. The van der Waals surface area contributed by atoms with Crippen LogP contribution in [0.15, 0.2) is 48.0 Å². The van der Waals surface area contributed by atoms with Gasteiger partial charge in [0.15, 0.2) is 0 Å². The fourth-order valence-electron chi connectivity index (χ4n) is 1.49. The molecule has 0 bridgehead atoms. The van der Waals surface area contributed by atoms with Gasteiger partial charge in [0.05, 0.1) is 16.5 Å².